The van der Waals surface area contributed by atoms with E-state index in [0.29, 0.717) is 12.0 Å². The van der Waals surface area contributed by atoms with Crippen molar-refractivity contribution in [1.82, 2.24) is 0 Å². The normalized spacial score (nSPS) is 23.2. The average molecular weight is 286 g/mol. The van der Waals surface area contributed by atoms with Crippen LogP contribution in [0.5, 0.6) is 0 Å². The van der Waals surface area contributed by atoms with Crippen molar-refractivity contribution in [3.05, 3.63) is 11.3 Å². The number of aliphatic hydroxyl groups is 1. The molecule has 0 aromatic heterocycles. The van der Waals surface area contributed by atoms with Gasteiger partial charge in [-0.15, -0.1) is 0 Å². The predicted octanol–water partition coefficient (Wildman–Crippen LogP) is 1.29. The SMILES string of the molecule is CCCCC(=O)CC1(C#N)C(N)=C(CO)CC1(C#N)C#N. The van der Waals surface area contributed by atoms with Crippen LogP contribution in [-0.4, -0.2) is 17.5 Å². The molecule has 21 heavy (non-hydrogen) atoms. The fourth-order valence-corrected chi connectivity index (χ4v) is 2.73. The maximum atomic E-state index is 12.1. The van der Waals surface area contributed by atoms with E-state index in [1.165, 1.54) is 0 Å². The van der Waals surface area contributed by atoms with Crippen molar-refractivity contribution in [3.63, 3.8) is 0 Å². The molecule has 6 heteroatoms. The molecule has 0 aliphatic heterocycles. The number of allylic oxidation sites excluding steroid dienone is 1. The molecular formula is C15H18N4O2. The molecule has 0 radical (unpaired) electrons. The molecule has 1 unspecified atom stereocenters. The summed E-state index contributed by atoms with van der Waals surface area (Å²) in [6.45, 7) is 1.51. The monoisotopic (exact) mass is 286 g/mol. The summed E-state index contributed by atoms with van der Waals surface area (Å²) in [5.41, 5.74) is 2.84. The number of carbonyl (C=O) groups is 1. The van der Waals surface area contributed by atoms with Gasteiger partial charge in [-0.2, -0.15) is 15.8 Å². The largest absolute Gasteiger partial charge is 0.401 e. The van der Waals surface area contributed by atoms with Gasteiger partial charge in [0.25, 0.3) is 0 Å². The fraction of sp³-hybridized carbons (Fsp3) is 0.600. The number of Topliss-reactive ketones (excluding diaryl/α,β-unsaturated/α-hetero) is 1. The van der Waals surface area contributed by atoms with Gasteiger partial charge in [0.2, 0.25) is 0 Å². The molecule has 0 saturated heterocycles. The minimum Gasteiger partial charge on any atom is -0.401 e. The second-order valence-corrected chi connectivity index (χ2v) is 5.32. The number of carbonyl (C=O) groups excluding carboxylic acids is 1. The molecule has 1 aliphatic rings. The maximum absolute atomic E-state index is 12.1. The molecule has 110 valence electrons. The summed E-state index contributed by atoms with van der Waals surface area (Å²) >= 11 is 0. The Balaban J connectivity index is 3.30. The maximum Gasteiger partial charge on any atom is 0.172 e. The van der Waals surface area contributed by atoms with Gasteiger partial charge >= 0.3 is 0 Å². The van der Waals surface area contributed by atoms with Crippen LogP contribution in [0.2, 0.25) is 0 Å². The van der Waals surface area contributed by atoms with E-state index in [2.05, 4.69) is 0 Å². The van der Waals surface area contributed by atoms with Crippen LogP contribution in [0.25, 0.3) is 0 Å². The zero-order valence-corrected chi connectivity index (χ0v) is 12.0. The number of hydrogen-bond donors (Lipinski definition) is 2. The van der Waals surface area contributed by atoms with Crippen LogP contribution in [0.4, 0.5) is 0 Å². The summed E-state index contributed by atoms with van der Waals surface area (Å²) < 4.78 is 0. The van der Waals surface area contributed by atoms with E-state index in [1.807, 2.05) is 25.1 Å². The lowest BCUT2D eigenvalue weighted by Gasteiger charge is -2.31. The van der Waals surface area contributed by atoms with Crippen LogP contribution in [0.1, 0.15) is 39.0 Å². The van der Waals surface area contributed by atoms with E-state index in [1.54, 1.807) is 0 Å². The standard InChI is InChI=1S/C15H18N4O2/c1-2-3-4-12(21)6-15(10-18)13(19)11(7-20)5-14(15,8-16)9-17/h20H,2-7,19H2,1H3. The Labute approximate surface area is 124 Å². The smallest absolute Gasteiger partial charge is 0.172 e. The van der Waals surface area contributed by atoms with Crippen molar-refractivity contribution in [2.75, 3.05) is 6.61 Å². The van der Waals surface area contributed by atoms with E-state index >= 15 is 0 Å². The first-order chi connectivity index (χ1) is 9.96. The number of hydrogen-bond acceptors (Lipinski definition) is 6. The third-order valence-corrected chi connectivity index (χ3v) is 4.08. The van der Waals surface area contributed by atoms with Crippen LogP contribution in [-0.2, 0) is 4.79 Å². The summed E-state index contributed by atoms with van der Waals surface area (Å²) in [6, 6.07) is 5.64. The van der Waals surface area contributed by atoms with Gasteiger partial charge in [-0.1, -0.05) is 13.3 Å². The minimum atomic E-state index is -1.72. The van der Waals surface area contributed by atoms with Crippen LogP contribution in [0.3, 0.4) is 0 Å². The van der Waals surface area contributed by atoms with E-state index < -0.39 is 17.4 Å². The van der Waals surface area contributed by atoms with E-state index in [9.17, 15) is 25.7 Å². The minimum absolute atomic E-state index is 0.000415. The first kappa shape index (κ1) is 16.7. The van der Waals surface area contributed by atoms with Crippen molar-refractivity contribution in [1.29, 1.82) is 15.8 Å². The quantitative estimate of drug-likeness (QED) is 0.755. The fourth-order valence-electron chi connectivity index (χ4n) is 2.73. The summed E-state index contributed by atoms with van der Waals surface area (Å²) in [4.78, 5) is 12.1. The number of ketones is 1. The molecule has 0 spiro atoms. The Kier molecular flexibility index (Phi) is 5.08. The molecule has 1 rings (SSSR count). The van der Waals surface area contributed by atoms with Gasteiger partial charge < -0.3 is 10.8 Å². The molecule has 0 heterocycles. The van der Waals surface area contributed by atoms with Gasteiger partial charge in [-0.3, -0.25) is 4.79 Å². The van der Waals surface area contributed by atoms with Gasteiger partial charge in [0, 0.05) is 25.0 Å². The van der Waals surface area contributed by atoms with Gasteiger partial charge in [0.1, 0.15) is 11.2 Å². The Hall–Kier alpha value is -2.36. The van der Waals surface area contributed by atoms with Crippen LogP contribution >= 0.6 is 0 Å². The number of unbranched alkanes of at least 4 members (excludes halogenated alkanes) is 1. The van der Waals surface area contributed by atoms with Gasteiger partial charge in [0.15, 0.2) is 5.41 Å². The average Bonchev–Trinajstić information content (AvgIpc) is 2.75. The second-order valence-electron chi connectivity index (χ2n) is 5.32. The second kappa shape index (κ2) is 6.39. The van der Waals surface area contributed by atoms with Gasteiger partial charge in [0.05, 0.1) is 24.8 Å². The number of nitrogens with zero attached hydrogens (tertiary/aromatic N) is 3. The number of rotatable bonds is 6. The molecule has 0 amide bonds. The Bertz CT molecular complexity index is 574. The zero-order valence-electron chi connectivity index (χ0n) is 12.0. The predicted molar refractivity (Wildman–Crippen MR) is 73.8 cm³/mol. The van der Waals surface area contributed by atoms with Crippen molar-refractivity contribution >= 4 is 5.78 Å². The van der Waals surface area contributed by atoms with Crippen molar-refractivity contribution in [2.24, 2.45) is 16.6 Å². The Morgan fingerprint density at radius 3 is 2.38 bits per heavy atom. The van der Waals surface area contributed by atoms with Crippen molar-refractivity contribution < 1.29 is 9.90 Å². The van der Waals surface area contributed by atoms with Crippen LogP contribution < -0.4 is 5.73 Å². The van der Waals surface area contributed by atoms with E-state index in [4.69, 9.17) is 5.73 Å². The molecule has 0 bridgehead atoms. The van der Waals surface area contributed by atoms with E-state index in [-0.39, 0.29) is 30.7 Å². The Morgan fingerprint density at radius 1 is 1.33 bits per heavy atom. The summed E-state index contributed by atoms with van der Waals surface area (Å²) in [7, 11) is 0. The summed E-state index contributed by atoms with van der Waals surface area (Å²) in [5, 5.41) is 37.7. The topological polar surface area (TPSA) is 135 Å². The lowest BCUT2D eigenvalue weighted by atomic mass is 9.64. The number of nitrogens with two attached hydrogens (primary N) is 1. The van der Waals surface area contributed by atoms with Crippen molar-refractivity contribution in [2.45, 2.75) is 39.0 Å². The highest BCUT2D eigenvalue weighted by atomic mass is 16.3. The third kappa shape index (κ3) is 2.49. The molecular weight excluding hydrogens is 268 g/mol. The Morgan fingerprint density at radius 2 is 1.95 bits per heavy atom. The highest BCUT2D eigenvalue weighted by Crippen LogP contribution is 2.55. The number of aliphatic hydroxyl groups excluding tert-OH is 1. The lowest BCUT2D eigenvalue weighted by Crippen LogP contribution is -2.41. The molecule has 0 aromatic carbocycles. The lowest BCUT2D eigenvalue weighted by molar-refractivity contribution is -0.121. The molecule has 1 atom stereocenters. The zero-order chi connectivity index (χ0) is 16.1. The molecule has 0 aromatic rings. The summed E-state index contributed by atoms with van der Waals surface area (Å²) in [6.07, 6.45) is 1.44. The van der Waals surface area contributed by atoms with Gasteiger partial charge in [-0.25, -0.2) is 0 Å². The van der Waals surface area contributed by atoms with Gasteiger partial charge in [-0.05, 0) is 12.0 Å². The first-order valence-electron chi connectivity index (χ1n) is 6.81. The highest BCUT2D eigenvalue weighted by Gasteiger charge is 2.61. The van der Waals surface area contributed by atoms with Crippen molar-refractivity contribution in [3.8, 4) is 18.2 Å². The van der Waals surface area contributed by atoms with Crippen LogP contribution in [0.15, 0.2) is 11.3 Å². The highest BCUT2D eigenvalue weighted by molar-refractivity contribution is 5.81. The molecule has 3 N–H and O–H groups in total. The molecule has 0 fully saturated rings. The molecule has 1 aliphatic carbocycles. The number of nitriles is 3. The van der Waals surface area contributed by atoms with Crippen LogP contribution in [0, 0.1) is 44.8 Å². The third-order valence-electron chi connectivity index (χ3n) is 4.08. The molecule has 0 saturated carbocycles. The molecule has 6 nitrogen and oxygen atoms in total. The first-order valence-corrected chi connectivity index (χ1v) is 6.81. The summed E-state index contributed by atoms with van der Waals surface area (Å²) in [5.74, 6) is -0.199. The van der Waals surface area contributed by atoms with E-state index in [0.717, 1.165) is 6.42 Å².